The molecule has 0 aliphatic heterocycles. The predicted molar refractivity (Wildman–Crippen MR) is 84.8 cm³/mol. The summed E-state index contributed by atoms with van der Waals surface area (Å²) in [5.41, 5.74) is 7.62. The van der Waals surface area contributed by atoms with Crippen LogP contribution in [0.4, 0.5) is 5.69 Å². The highest BCUT2D eigenvalue weighted by atomic mass is 16.5. The first-order valence-corrected chi connectivity index (χ1v) is 7.74. The summed E-state index contributed by atoms with van der Waals surface area (Å²) in [6, 6.07) is 7.78. The molecule has 1 fully saturated rings. The number of nitrogens with two attached hydrogens (primary N) is 1. The summed E-state index contributed by atoms with van der Waals surface area (Å²) in [7, 11) is 1.87. The summed E-state index contributed by atoms with van der Waals surface area (Å²) in [4.78, 5) is 14.2. The topological polar surface area (TPSA) is 55.6 Å². The molecule has 1 unspecified atom stereocenters. The Hall–Kier alpha value is -1.55. The molecule has 4 nitrogen and oxygen atoms in total. The summed E-state index contributed by atoms with van der Waals surface area (Å²) in [5, 5.41) is 0. The molecule has 1 atom stereocenters. The van der Waals surface area contributed by atoms with Crippen LogP contribution in [0.2, 0.25) is 0 Å². The van der Waals surface area contributed by atoms with Gasteiger partial charge in [0.2, 0.25) is 5.91 Å². The van der Waals surface area contributed by atoms with Crippen LogP contribution in [0.1, 0.15) is 44.7 Å². The highest BCUT2D eigenvalue weighted by Crippen LogP contribution is 2.33. The van der Waals surface area contributed by atoms with Crippen LogP contribution in [-0.4, -0.2) is 30.6 Å². The Morgan fingerprint density at radius 3 is 2.81 bits per heavy atom. The van der Waals surface area contributed by atoms with Gasteiger partial charge in [-0.1, -0.05) is 12.1 Å². The third-order valence-electron chi connectivity index (χ3n) is 4.43. The van der Waals surface area contributed by atoms with Gasteiger partial charge in [-0.2, -0.15) is 0 Å². The molecule has 21 heavy (non-hydrogen) atoms. The van der Waals surface area contributed by atoms with Crippen molar-refractivity contribution in [1.29, 1.82) is 0 Å². The third-order valence-corrected chi connectivity index (χ3v) is 4.43. The second kappa shape index (κ2) is 6.94. The SMILES string of the molecule is CCOC1CC(CC(=O)N(C)C(C)c2cccc(N)c2)C1. The number of ether oxygens (including phenoxy) is 1. The number of nitrogen functional groups attached to an aromatic ring is 1. The van der Waals surface area contributed by atoms with Crippen molar-refractivity contribution < 1.29 is 9.53 Å². The van der Waals surface area contributed by atoms with Crippen molar-refractivity contribution in [3.63, 3.8) is 0 Å². The van der Waals surface area contributed by atoms with Gasteiger partial charge in [0.1, 0.15) is 0 Å². The van der Waals surface area contributed by atoms with E-state index in [2.05, 4.69) is 0 Å². The number of hydrogen-bond donors (Lipinski definition) is 1. The Morgan fingerprint density at radius 2 is 2.19 bits per heavy atom. The van der Waals surface area contributed by atoms with Crippen LogP contribution in [-0.2, 0) is 9.53 Å². The minimum Gasteiger partial charge on any atom is -0.399 e. The summed E-state index contributed by atoms with van der Waals surface area (Å²) in [6.07, 6.45) is 3.01. The predicted octanol–water partition coefficient (Wildman–Crippen LogP) is 2.99. The summed E-state index contributed by atoms with van der Waals surface area (Å²) < 4.78 is 5.54. The average molecular weight is 290 g/mol. The molecule has 4 heteroatoms. The Bertz CT molecular complexity index is 483. The lowest BCUT2D eigenvalue weighted by Crippen LogP contribution is -2.37. The van der Waals surface area contributed by atoms with Crippen molar-refractivity contribution >= 4 is 11.6 Å². The molecule has 2 N–H and O–H groups in total. The van der Waals surface area contributed by atoms with Crippen molar-refractivity contribution in [3.05, 3.63) is 29.8 Å². The third kappa shape index (κ3) is 3.97. The van der Waals surface area contributed by atoms with Crippen LogP contribution in [0, 0.1) is 5.92 Å². The van der Waals surface area contributed by atoms with Crippen molar-refractivity contribution in [2.45, 2.75) is 45.3 Å². The van der Waals surface area contributed by atoms with Crippen LogP contribution in [0.3, 0.4) is 0 Å². The summed E-state index contributed by atoms with van der Waals surface area (Å²) in [5.74, 6) is 0.675. The number of nitrogens with zero attached hydrogens (tertiary/aromatic N) is 1. The first-order valence-electron chi connectivity index (χ1n) is 7.74. The zero-order valence-electron chi connectivity index (χ0n) is 13.2. The first-order chi connectivity index (χ1) is 10.0. The van der Waals surface area contributed by atoms with E-state index in [1.54, 1.807) is 0 Å². The van der Waals surface area contributed by atoms with Crippen LogP contribution < -0.4 is 5.73 Å². The van der Waals surface area contributed by atoms with Gasteiger partial charge in [0, 0.05) is 25.8 Å². The molecule has 1 amide bonds. The van der Waals surface area contributed by atoms with Crippen molar-refractivity contribution in [3.8, 4) is 0 Å². The van der Waals surface area contributed by atoms with Gasteiger partial charge < -0.3 is 15.4 Å². The normalized spacial score (nSPS) is 22.4. The fourth-order valence-corrected chi connectivity index (χ4v) is 2.86. The van der Waals surface area contributed by atoms with Gasteiger partial charge in [-0.25, -0.2) is 0 Å². The Kier molecular flexibility index (Phi) is 5.23. The Morgan fingerprint density at radius 1 is 1.48 bits per heavy atom. The number of carbonyl (C=O) groups is 1. The molecule has 1 saturated carbocycles. The second-order valence-corrected chi connectivity index (χ2v) is 5.97. The molecule has 1 aromatic carbocycles. The summed E-state index contributed by atoms with van der Waals surface area (Å²) >= 11 is 0. The van der Waals surface area contributed by atoms with Crippen LogP contribution in [0.25, 0.3) is 0 Å². The highest BCUT2D eigenvalue weighted by Gasteiger charge is 2.32. The lowest BCUT2D eigenvalue weighted by Gasteiger charge is -2.36. The van der Waals surface area contributed by atoms with Gasteiger partial charge >= 0.3 is 0 Å². The molecular weight excluding hydrogens is 264 g/mol. The molecule has 0 saturated heterocycles. The van der Waals surface area contributed by atoms with E-state index in [4.69, 9.17) is 10.5 Å². The smallest absolute Gasteiger partial charge is 0.223 e. The molecule has 0 heterocycles. The van der Waals surface area contributed by atoms with Gasteiger partial charge in [-0.05, 0) is 50.3 Å². The maximum absolute atomic E-state index is 12.4. The van der Waals surface area contributed by atoms with E-state index in [9.17, 15) is 4.79 Å². The molecular formula is C17H26N2O2. The van der Waals surface area contributed by atoms with E-state index in [1.165, 1.54) is 0 Å². The molecule has 1 aliphatic rings. The molecule has 1 aromatic rings. The van der Waals surface area contributed by atoms with E-state index in [1.807, 2.05) is 50.1 Å². The van der Waals surface area contributed by atoms with Crippen LogP contribution in [0.5, 0.6) is 0 Å². The van der Waals surface area contributed by atoms with Crippen molar-refractivity contribution in [1.82, 2.24) is 4.90 Å². The molecule has 1 aliphatic carbocycles. The largest absolute Gasteiger partial charge is 0.399 e. The average Bonchev–Trinajstić information content (AvgIpc) is 2.43. The molecule has 0 bridgehead atoms. The maximum atomic E-state index is 12.4. The lowest BCUT2D eigenvalue weighted by molar-refractivity contribution is -0.135. The Balaban J connectivity index is 1.85. The highest BCUT2D eigenvalue weighted by molar-refractivity contribution is 5.76. The van der Waals surface area contributed by atoms with Crippen molar-refractivity contribution in [2.24, 2.45) is 5.92 Å². The number of amides is 1. The minimum absolute atomic E-state index is 0.0452. The maximum Gasteiger partial charge on any atom is 0.223 e. The minimum atomic E-state index is 0.0452. The zero-order valence-corrected chi connectivity index (χ0v) is 13.2. The number of benzene rings is 1. The number of carbonyl (C=O) groups excluding carboxylic acids is 1. The molecule has 0 spiro atoms. The lowest BCUT2D eigenvalue weighted by atomic mass is 9.79. The van der Waals surface area contributed by atoms with Crippen molar-refractivity contribution in [2.75, 3.05) is 19.4 Å². The molecule has 0 aromatic heterocycles. The number of anilines is 1. The fraction of sp³-hybridized carbons (Fsp3) is 0.588. The van der Waals surface area contributed by atoms with Crippen LogP contribution in [0.15, 0.2) is 24.3 Å². The van der Waals surface area contributed by atoms with Gasteiger partial charge in [0.25, 0.3) is 0 Å². The van der Waals surface area contributed by atoms with Gasteiger partial charge in [-0.3, -0.25) is 4.79 Å². The second-order valence-electron chi connectivity index (χ2n) is 5.97. The molecule has 116 valence electrons. The standard InChI is InChI=1S/C17H26N2O2/c1-4-21-16-8-13(9-16)10-17(20)19(3)12(2)14-6-5-7-15(18)11-14/h5-7,11-13,16H,4,8-10,18H2,1-3H3. The molecule has 2 rings (SSSR count). The summed E-state index contributed by atoms with van der Waals surface area (Å²) in [6.45, 7) is 4.81. The first kappa shape index (κ1) is 15.8. The van der Waals surface area contributed by atoms with Gasteiger partial charge in [0.15, 0.2) is 0 Å². The fourth-order valence-electron chi connectivity index (χ4n) is 2.86. The van der Waals surface area contributed by atoms with E-state index in [-0.39, 0.29) is 11.9 Å². The van der Waals surface area contributed by atoms with Gasteiger partial charge in [-0.15, -0.1) is 0 Å². The van der Waals surface area contributed by atoms with E-state index >= 15 is 0 Å². The monoisotopic (exact) mass is 290 g/mol. The number of rotatable bonds is 6. The van der Waals surface area contributed by atoms with Crippen LogP contribution >= 0.6 is 0 Å². The van der Waals surface area contributed by atoms with E-state index < -0.39 is 0 Å². The van der Waals surface area contributed by atoms with E-state index in [0.717, 1.165) is 30.7 Å². The molecule has 0 radical (unpaired) electrons. The zero-order chi connectivity index (χ0) is 15.4. The van der Waals surface area contributed by atoms with Gasteiger partial charge in [0.05, 0.1) is 12.1 Å². The number of hydrogen-bond acceptors (Lipinski definition) is 3. The Labute approximate surface area is 127 Å². The quantitative estimate of drug-likeness (QED) is 0.819. The van der Waals surface area contributed by atoms with E-state index in [0.29, 0.717) is 18.4 Å².